The van der Waals surface area contributed by atoms with Gasteiger partial charge in [-0.2, -0.15) is 0 Å². The van der Waals surface area contributed by atoms with Crippen molar-refractivity contribution in [3.63, 3.8) is 0 Å². The highest BCUT2D eigenvalue weighted by atomic mass is 16.8. The molecule has 0 N–H and O–H groups in total. The molecule has 0 amide bonds. The molecule has 2 aliphatic heterocycles. The van der Waals surface area contributed by atoms with Gasteiger partial charge in [-0.3, -0.25) is 0 Å². The summed E-state index contributed by atoms with van der Waals surface area (Å²) < 4.78 is 37.5. The van der Waals surface area contributed by atoms with Crippen LogP contribution in [0.15, 0.2) is 84.9 Å². The highest BCUT2D eigenvalue weighted by molar-refractivity contribution is 5.97. The topological polar surface area (TPSA) is 125 Å². The van der Waals surface area contributed by atoms with Crippen LogP contribution in [-0.4, -0.2) is 82.3 Å². The number of fused-ring (bicyclic) bond motifs is 3. The standard InChI is InChI=1S/C43H44N4O8/c1-6-11-37-45-38-25(2)20-29(41-44-32-14-9-10-15-33(32)46(41)4)21-34(38)47(37)22-27-16-18-28(19-17-27)30-12-7-8-13-31(30)42(48)53-26(3)54-43(49)55-36-24-52-39-35(50-5)23-51-40(36)39/h7-10,12-21,26,35-36,39-40H,6,11,22-24H2,1-5H3/t26?,35-,36-,39-,40-/m1/s1. The van der Waals surface area contributed by atoms with E-state index in [1.807, 2.05) is 42.5 Å². The second kappa shape index (κ2) is 15.3. The summed E-state index contributed by atoms with van der Waals surface area (Å²) in [5.74, 6) is 1.32. The number of methoxy groups -OCH3 is 1. The molecule has 2 saturated heterocycles. The minimum absolute atomic E-state index is 0.160. The molecule has 0 bridgehead atoms. The quantitative estimate of drug-likeness (QED) is 0.0979. The number of nitrogens with zero attached hydrogens (tertiary/aromatic N) is 4. The molecule has 8 rings (SSSR count). The Kier molecular flexibility index (Phi) is 10.1. The summed E-state index contributed by atoms with van der Waals surface area (Å²) in [5.41, 5.74) is 9.22. The zero-order chi connectivity index (χ0) is 38.2. The van der Waals surface area contributed by atoms with Crippen LogP contribution in [0.2, 0.25) is 0 Å². The van der Waals surface area contributed by atoms with E-state index in [4.69, 9.17) is 38.4 Å². The van der Waals surface area contributed by atoms with Crippen LogP contribution in [0.25, 0.3) is 44.6 Å². The van der Waals surface area contributed by atoms with Crippen LogP contribution in [0.5, 0.6) is 0 Å². The van der Waals surface area contributed by atoms with E-state index in [0.717, 1.165) is 68.8 Å². The molecule has 5 atom stereocenters. The first-order valence-corrected chi connectivity index (χ1v) is 18.7. The van der Waals surface area contributed by atoms with Crippen LogP contribution in [0.1, 0.15) is 47.6 Å². The molecule has 12 heteroatoms. The van der Waals surface area contributed by atoms with Crippen molar-refractivity contribution in [3.8, 4) is 22.5 Å². The summed E-state index contributed by atoms with van der Waals surface area (Å²) >= 11 is 0. The monoisotopic (exact) mass is 744 g/mol. The van der Waals surface area contributed by atoms with Gasteiger partial charge in [0.25, 0.3) is 0 Å². The molecular weight excluding hydrogens is 700 g/mol. The van der Waals surface area contributed by atoms with Crippen LogP contribution in [0, 0.1) is 6.92 Å². The Labute approximate surface area is 318 Å². The second-order valence-electron chi connectivity index (χ2n) is 14.1. The zero-order valence-corrected chi connectivity index (χ0v) is 31.6. The number of esters is 1. The first-order chi connectivity index (χ1) is 26.7. The summed E-state index contributed by atoms with van der Waals surface area (Å²) in [6, 6.07) is 27.9. The third kappa shape index (κ3) is 7.08. The first-order valence-electron chi connectivity index (χ1n) is 18.7. The van der Waals surface area contributed by atoms with E-state index >= 15 is 0 Å². The van der Waals surface area contributed by atoms with Gasteiger partial charge in [0.15, 0.2) is 6.10 Å². The largest absolute Gasteiger partial charge is 0.511 e. The molecule has 0 radical (unpaired) electrons. The van der Waals surface area contributed by atoms with E-state index in [-0.39, 0.29) is 18.8 Å². The van der Waals surface area contributed by atoms with Gasteiger partial charge in [-0.05, 0) is 65.9 Å². The summed E-state index contributed by atoms with van der Waals surface area (Å²) in [5, 5.41) is 0. The predicted molar refractivity (Wildman–Crippen MR) is 206 cm³/mol. The van der Waals surface area contributed by atoms with Crippen molar-refractivity contribution in [2.45, 2.75) is 70.9 Å². The molecule has 12 nitrogen and oxygen atoms in total. The maximum atomic E-state index is 13.4. The van der Waals surface area contributed by atoms with Crippen LogP contribution in [0.4, 0.5) is 4.79 Å². The summed E-state index contributed by atoms with van der Waals surface area (Å²) in [6.07, 6.45) is -1.99. The highest BCUT2D eigenvalue weighted by Crippen LogP contribution is 2.33. The third-order valence-electron chi connectivity index (χ3n) is 10.4. The predicted octanol–water partition coefficient (Wildman–Crippen LogP) is 7.40. The van der Waals surface area contributed by atoms with Gasteiger partial charge < -0.3 is 37.6 Å². The number of para-hydroxylation sites is 2. The number of carbonyl (C=O) groups excluding carboxylic acids is 2. The average molecular weight is 745 g/mol. The van der Waals surface area contributed by atoms with E-state index in [1.165, 1.54) is 6.92 Å². The number of hydrogen-bond acceptors (Lipinski definition) is 10. The van der Waals surface area contributed by atoms with Crippen molar-refractivity contribution >= 4 is 34.2 Å². The number of imidazole rings is 2. The maximum Gasteiger partial charge on any atom is 0.511 e. The second-order valence-corrected chi connectivity index (χ2v) is 14.1. The van der Waals surface area contributed by atoms with E-state index in [9.17, 15) is 9.59 Å². The highest BCUT2D eigenvalue weighted by Gasteiger charge is 2.50. The van der Waals surface area contributed by atoms with E-state index in [0.29, 0.717) is 24.3 Å². The molecule has 284 valence electrons. The van der Waals surface area contributed by atoms with Crippen molar-refractivity contribution in [2.24, 2.45) is 7.05 Å². The molecule has 0 spiro atoms. The first kappa shape index (κ1) is 36.4. The van der Waals surface area contributed by atoms with Gasteiger partial charge in [0.05, 0.1) is 40.8 Å². The Bertz CT molecular complexity index is 2370. The lowest BCUT2D eigenvalue weighted by molar-refractivity contribution is -0.0989. The summed E-state index contributed by atoms with van der Waals surface area (Å²) in [6.45, 7) is 6.88. The summed E-state index contributed by atoms with van der Waals surface area (Å²) in [7, 11) is 3.64. The van der Waals surface area contributed by atoms with Crippen molar-refractivity contribution in [3.05, 3.63) is 107 Å². The van der Waals surface area contributed by atoms with Crippen molar-refractivity contribution in [1.82, 2.24) is 19.1 Å². The molecule has 2 aromatic heterocycles. The van der Waals surface area contributed by atoms with E-state index in [2.05, 4.69) is 60.4 Å². The van der Waals surface area contributed by atoms with Crippen LogP contribution in [0.3, 0.4) is 0 Å². The maximum absolute atomic E-state index is 13.4. The molecule has 0 saturated carbocycles. The Morgan fingerprint density at radius 1 is 0.873 bits per heavy atom. The SMILES string of the molecule is CCCc1nc2c(C)cc(-c3nc4ccccc4n3C)cc2n1Cc1ccc(-c2ccccc2C(=O)OC(C)OC(=O)O[C@@H]2CO[C@H]3[C@@H]2OC[C@H]3OC)cc1. The van der Waals surface area contributed by atoms with E-state index < -0.39 is 30.6 Å². The van der Waals surface area contributed by atoms with Gasteiger partial charge in [-0.25, -0.2) is 19.6 Å². The number of carbonyl (C=O) groups is 2. The Balaban J connectivity index is 0.979. The minimum atomic E-state index is -1.20. The molecular formula is C43H44N4O8. The Morgan fingerprint density at radius 3 is 2.36 bits per heavy atom. The summed E-state index contributed by atoms with van der Waals surface area (Å²) in [4.78, 5) is 36.1. The lowest BCUT2D eigenvalue weighted by atomic mass is 9.98. The molecule has 4 heterocycles. The fourth-order valence-electron chi connectivity index (χ4n) is 7.71. The smallest absolute Gasteiger partial charge is 0.426 e. The molecule has 0 aliphatic carbocycles. The molecule has 55 heavy (non-hydrogen) atoms. The number of benzene rings is 4. The van der Waals surface area contributed by atoms with Crippen molar-refractivity contribution in [2.75, 3.05) is 20.3 Å². The zero-order valence-electron chi connectivity index (χ0n) is 31.6. The van der Waals surface area contributed by atoms with Crippen LogP contribution >= 0.6 is 0 Å². The Morgan fingerprint density at radius 2 is 1.60 bits per heavy atom. The molecule has 6 aromatic rings. The molecule has 2 aliphatic rings. The average Bonchev–Trinajstić information content (AvgIpc) is 3.95. The lowest BCUT2D eigenvalue weighted by Crippen LogP contribution is -2.35. The number of hydrogen-bond donors (Lipinski definition) is 0. The number of aromatic nitrogens is 4. The van der Waals surface area contributed by atoms with Crippen molar-refractivity contribution < 1.29 is 38.0 Å². The number of ether oxygens (including phenoxy) is 6. The van der Waals surface area contributed by atoms with Crippen LogP contribution in [-0.2, 0) is 48.4 Å². The fraction of sp³-hybridized carbons (Fsp3) is 0.349. The normalized spacial score (nSPS) is 19.8. The van der Waals surface area contributed by atoms with Gasteiger partial charge >= 0.3 is 12.1 Å². The van der Waals surface area contributed by atoms with Gasteiger partial charge in [0.1, 0.15) is 30.0 Å². The molecule has 1 unspecified atom stereocenters. The van der Waals surface area contributed by atoms with Gasteiger partial charge in [0, 0.05) is 39.6 Å². The third-order valence-corrected chi connectivity index (χ3v) is 10.4. The number of rotatable bonds is 11. The fourth-order valence-corrected chi connectivity index (χ4v) is 7.71. The van der Waals surface area contributed by atoms with Crippen molar-refractivity contribution in [1.29, 1.82) is 0 Å². The molecule has 2 fully saturated rings. The lowest BCUT2D eigenvalue weighted by Gasteiger charge is -2.19. The minimum Gasteiger partial charge on any atom is -0.426 e. The van der Waals surface area contributed by atoms with E-state index in [1.54, 1.807) is 19.2 Å². The Hall–Kier alpha value is -5.56. The van der Waals surface area contributed by atoms with Crippen LogP contribution < -0.4 is 0 Å². The number of aryl methyl sites for hydroxylation is 3. The van der Waals surface area contributed by atoms with Gasteiger partial charge in [-0.1, -0.05) is 61.5 Å². The van der Waals surface area contributed by atoms with Gasteiger partial charge in [-0.15, -0.1) is 0 Å². The van der Waals surface area contributed by atoms with Gasteiger partial charge in [0.2, 0.25) is 6.29 Å². The molecule has 4 aromatic carbocycles.